The van der Waals surface area contributed by atoms with Crippen molar-refractivity contribution >= 4 is 5.97 Å². The first-order valence-electron chi connectivity index (χ1n) is 12.3. The smallest absolute Gasteiger partial charge is 0.338 e. The molecule has 3 aliphatic rings. The van der Waals surface area contributed by atoms with E-state index >= 15 is 0 Å². The lowest BCUT2D eigenvalue weighted by Gasteiger charge is -2.41. The molecule has 0 radical (unpaired) electrons. The first kappa shape index (κ1) is 24.2. The molecule has 0 saturated carbocycles. The summed E-state index contributed by atoms with van der Waals surface area (Å²) in [5.41, 5.74) is 1.47. The number of hydrogen-bond acceptors (Lipinski definition) is 9. The van der Waals surface area contributed by atoms with Gasteiger partial charge in [-0.2, -0.15) is 0 Å². The van der Waals surface area contributed by atoms with Gasteiger partial charge in [-0.25, -0.2) is 4.79 Å². The van der Waals surface area contributed by atoms with Gasteiger partial charge in [0.15, 0.2) is 29.1 Å². The van der Waals surface area contributed by atoms with E-state index in [4.69, 9.17) is 33.2 Å². The molecule has 0 spiro atoms. The zero-order valence-corrected chi connectivity index (χ0v) is 21.5. The molecule has 0 fully saturated rings. The lowest BCUT2D eigenvalue weighted by atomic mass is 9.73. The fraction of sp³-hybridized carbons (Fsp3) is 0.345. The molecule has 3 aromatic rings. The van der Waals surface area contributed by atoms with E-state index in [2.05, 4.69) is 0 Å². The van der Waals surface area contributed by atoms with E-state index in [-0.39, 0.29) is 19.5 Å². The average Bonchev–Trinajstić information content (AvgIpc) is 3.59. The molecule has 2 heterocycles. The van der Waals surface area contributed by atoms with Crippen molar-refractivity contribution in [1.82, 2.24) is 0 Å². The first-order valence-corrected chi connectivity index (χ1v) is 12.3. The molecule has 38 heavy (non-hydrogen) atoms. The topological polar surface area (TPSA) is 102 Å². The van der Waals surface area contributed by atoms with Gasteiger partial charge in [0.25, 0.3) is 0 Å². The van der Waals surface area contributed by atoms with Gasteiger partial charge in [0.05, 0.1) is 19.8 Å². The number of methoxy groups -OCH3 is 2. The SMILES string of the molecule is COc1c2c(cc3c1-c1c(cc4c(c1OC)OCO4)[C@H](OC(=O)c1ccccc1)[C@@](C)(O)[C@@H](C)C3)OCO2. The highest BCUT2D eigenvalue weighted by Crippen LogP contribution is 2.59. The van der Waals surface area contributed by atoms with E-state index in [1.807, 2.05) is 19.1 Å². The Kier molecular flexibility index (Phi) is 5.75. The van der Waals surface area contributed by atoms with Crippen LogP contribution in [-0.4, -0.2) is 44.5 Å². The lowest BCUT2D eigenvalue weighted by molar-refractivity contribution is -0.107. The Hall–Kier alpha value is -4.11. The third-order valence-corrected chi connectivity index (χ3v) is 7.58. The second-order valence-electron chi connectivity index (χ2n) is 9.77. The zero-order valence-electron chi connectivity index (χ0n) is 21.5. The molecule has 0 amide bonds. The van der Waals surface area contributed by atoms with E-state index in [1.165, 1.54) is 7.11 Å². The molecule has 3 atom stereocenters. The highest BCUT2D eigenvalue weighted by Gasteiger charge is 2.47. The molecule has 0 unspecified atom stereocenters. The van der Waals surface area contributed by atoms with Crippen LogP contribution >= 0.6 is 0 Å². The lowest BCUT2D eigenvalue weighted by Crippen LogP contribution is -2.43. The molecule has 1 N–H and O–H groups in total. The fourth-order valence-corrected chi connectivity index (χ4v) is 5.43. The molecule has 198 valence electrons. The number of hydrogen-bond donors (Lipinski definition) is 1. The molecule has 3 aromatic carbocycles. The maximum atomic E-state index is 13.3. The summed E-state index contributed by atoms with van der Waals surface area (Å²) in [6.45, 7) is 3.65. The first-order chi connectivity index (χ1) is 18.3. The Morgan fingerprint density at radius 2 is 1.53 bits per heavy atom. The van der Waals surface area contributed by atoms with Crippen LogP contribution in [0.15, 0.2) is 42.5 Å². The molecular weight excluding hydrogens is 492 g/mol. The van der Waals surface area contributed by atoms with Crippen LogP contribution in [0.1, 0.15) is 41.4 Å². The predicted octanol–water partition coefficient (Wildman–Crippen LogP) is 4.67. The van der Waals surface area contributed by atoms with E-state index in [0.29, 0.717) is 63.2 Å². The van der Waals surface area contributed by atoms with Crippen LogP contribution in [0, 0.1) is 5.92 Å². The summed E-state index contributed by atoms with van der Waals surface area (Å²) in [5.74, 6) is 1.77. The van der Waals surface area contributed by atoms with Crippen molar-refractivity contribution in [1.29, 1.82) is 0 Å². The maximum Gasteiger partial charge on any atom is 0.338 e. The molecular formula is C29H28O9. The van der Waals surface area contributed by atoms with Gasteiger partial charge in [0.2, 0.25) is 25.1 Å². The quantitative estimate of drug-likeness (QED) is 0.492. The van der Waals surface area contributed by atoms with Gasteiger partial charge in [-0.05, 0) is 49.1 Å². The summed E-state index contributed by atoms with van der Waals surface area (Å²) in [5, 5.41) is 12.0. The number of benzene rings is 3. The van der Waals surface area contributed by atoms with Gasteiger partial charge in [0.1, 0.15) is 5.60 Å². The van der Waals surface area contributed by atoms with Crippen LogP contribution in [0.4, 0.5) is 0 Å². The van der Waals surface area contributed by atoms with Crippen LogP contribution in [0.25, 0.3) is 11.1 Å². The van der Waals surface area contributed by atoms with Gasteiger partial charge in [-0.3, -0.25) is 0 Å². The summed E-state index contributed by atoms with van der Waals surface area (Å²) >= 11 is 0. The van der Waals surface area contributed by atoms with E-state index in [9.17, 15) is 9.90 Å². The largest absolute Gasteiger partial charge is 0.492 e. The minimum Gasteiger partial charge on any atom is -0.492 e. The van der Waals surface area contributed by atoms with Crippen LogP contribution in [0.5, 0.6) is 34.5 Å². The number of aliphatic hydroxyl groups is 1. The summed E-state index contributed by atoms with van der Waals surface area (Å²) in [4.78, 5) is 13.3. The minimum atomic E-state index is -1.49. The van der Waals surface area contributed by atoms with Crippen molar-refractivity contribution in [2.24, 2.45) is 5.92 Å². The number of carbonyl (C=O) groups excluding carboxylic acids is 1. The molecule has 0 aromatic heterocycles. The second-order valence-corrected chi connectivity index (χ2v) is 9.77. The van der Waals surface area contributed by atoms with Crippen molar-refractivity contribution in [3.05, 3.63) is 59.2 Å². The van der Waals surface area contributed by atoms with E-state index in [0.717, 1.165) is 5.56 Å². The Bertz CT molecular complexity index is 1410. The second kappa shape index (κ2) is 9.02. The number of fused-ring (bicyclic) bond motifs is 5. The average molecular weight is 521 g/mol. The number of esters is 1. The Morgan fingerprint density at radius 3 is 2.16 bits per heavy atom. The summed E-state index contributed by atoms with van der Waals surface area (Å²) in [6, 6.07) is 12.3. The molecule has 6 rings (SSSR count). The number of rotatable bonds is 4. The Morgan fingerprint density at radius 1 is 0.921 bits per heavy atom. The maximum absolute atomic E-state index is 13.3. The standard InChI is InChI=1S/C29H28O9/c1-15-10-17-11-19-23(36-13-34-19)25(32-3)21(17)22-18(12-20-24(26(22)33-4)37-14-35-20)27(29(15,2)31)38-28(30)16-8-6-5-7-9-16/h5-9,11-12,15,27,31H,10,13-14H2,1-4H3/t15-,27-,29-/m0/s1. The van der Waals surface area contributed by atoms with E-state index < -0.39 is 17.7 Å². The van der Waals surface area contributed by atoms with Crippen molar-refractivity contribution in [2.75, 3.05) is 27.8 Å². The van der Waals surface area contributed by atoms with Gasteiger partial charge < -0.3 is 38.3 Å². The highest BCUT2D eigenvalue weighted by atomic mass is 16.7. The molecule has 2 aliphatic heterocycles. The van der Waals surface area contributed by atoms with Crippen LogP contribution in [0.3, 0.4) is 0 Å². The van der Waals surface area contributed by atoms with Crippen molar-refractivity contribution in [3.8, 4) is 45.6 Å². The van der Waals surface area contributed by atoms with Crippen molar-refractivity contribution in [2.45, 2.75) is 32.0 Å². The highest BCUT2D eigenvalue weighted by molar-refractivity contribution is 5.91. The van der Waals surface area contributed by atoms with E-state index in [1.54, 1.807) is 44.4 Å². The van der Waals surface area contributed by atoms with Crippen molar-refractivity contribution in [3.63, 3.8) is 0 Å². The molecule has 9 heteroatoms. The normalized spacial score (nSPS) is 22.6. The Balaban J connectivity index is 1.66. The number of ether oxygens (including phenoxy) is 7. The fourth-order valence-electron chi connectivity index (χ4n) is 5.43. The molecule has 0 bridgehead atoms. The molecule has 1 aliphatic carbocycles. The zero-order chi connectivity index (χ0) is 26.6. The molecule has 0 saturated heterocycles. The van der Waals surface area contributed by atoms with Gasteiger partial charge in [-0.15, -0.1) is 0 Å². The third kappa shape index (κ3) is 3.60. The summed E-state index contributed by atoms with van der Waals surface area (Å²) in [6.07, 6.45) is -0.668. The monoisotopic (exact) mass is 520 g/mol. The summed E-state index contributed by atoms with van der Waals surface area (Å²) < 4.78 is 40.9. The van der Waals surface area contributed by atoms with Gasteiger partial charge in [-0.1, -0.05) is 25.1 Å². The minimum absolute atomic E-state index is 0.000975. The van der Waals surface area contributed by atoms with Crippen LogP contribution in [0.2, 0.25) is 0 Å². The molecule has 9 nitrogen and oxygen atoms in total. The summed E-state index contributed by atoms with van der Waals surface area (Å²) in [7, 11) is 3.09. The van der Waals surface area contributed by atoms with Crippen LogP contribution in [-0.2, 0) is 11.2 Å². The van der Waals surface area contributed by atoms with Crippen LogP contribution < -0.4 is 28.4 Å². The third-order valence-electron chi connectivity index (χ3n) is 7.58. The number of carbonyl (C=O) groups is 1. The van der Waals surface area contributed by atoms with Crippen molar-refractivity contribution < 1.29 is 43.1 Å². The Labute approximate surface area is 219 Å². The van der Waals surface area contributed by atoms with Gasteiger partial charge in [0, 0.05) is 16.7 Å². The predicted molar refractivity (Wildman–Crippen MR) is 135 cm³/mol. The van der Waals surface area contributed by atoms with Gasteiger partial charge >= 0.3 is 5.97 Å².